The lowest BCUT2D eigenvalue weighted by Gasteiger charge is -2.17. The Morgan fingerprint density at radius 2 is 0.739 bits per heavy atom. The summed E-state index contributed by atoms with van der Waals surface area (Å²) in [7, 11) is 0. The number of hydrogen-bond donors (Lipinski definition) is 0. The zero-order valence-corrected chi connectivity index (χ0v) is 27.1. The molecule has 46 heavy (non-hydrogen) atoms. The molecule has 2 heteroatoms. The maximum absolute atomic E-state index is 13.5. The molecular formula is C44H40F2. The van der Waals surface area contributed by atoms with Crippen LogP contribution in [0.2, 0.25) is 0 Å². The molecule has 0 aromatic heterocycles. The van der Waals surface area contributed by atoms with E-state index in [1.54, 1.807) is 0 Å². The zero-order chi connectivity index (χ0) is 32.2. The molecule has 0 aliphatic rings. The van der Waals surface area contributed by atoms with Gasteiger partial charge in [-0.15, -0.1) is 0 Å². The van der Waals surface area contributed by atoms with Gasteiger partial charge in [0.2, 0.25) is 0 Å². The molecule has 230 valence electrons. The minimum absolute atomic E-state index is 0.210. The van der Waals surface area contributed by atoms with Gasteiger partial charge in [0, 0.05) is 0 Å². The summed E-state index contributed by atoms with van der Waals surface area (Å²) in [5, 5.41) is 0. The first kappa shape index (κ1) is 31.2. The summed E-state index contributed by atoms with van der Waals surface area (Å²) < 4.78 is 27.0. The number of halogens is 2. The van der Waals surface area contributed by atoms with Gasteiger partial charge >= 0.3 is 0 Å². The van der Waals surface area contributed by atoms with Crippen LogP contribution in [0.25, 0.3) is 44.5 Å². The van der Waals surface area contributed by atoms with E-state index in [9.17, 15) is 8.78 Å². The van der Waals surface area contributed by atoms with Gasteiger partial charge in [-0.1, -0.05) is 118 Å². The predicted octanol–water partition coefficient (Wildman–Crippen LogP) is 12.2. The smallest absolute Gasteiger partial charge is 0.123 e. The van der Waals surface area contributed by atoms with E-state index in [1.165, 1.54) is 79.9 Å². The van der Waals surface area contributed by atoms with Gasteiger partial charge in [-0.2, -0.15) is 0 Å². The summed E-state index contributed by atoms with van der Waals surface area (Å²) in [5.74, 6) is -0.424. The fourth-order valence-corrected chi connectivity index (χ4v) is 6.68. The molecule has 0 nitrogen and oxygen atoms in total. The summed E-state index contributed by atoms with van der Waals surface area (Å²) >= 11 is 0. The maximum Gasteiger partial charge on any atom is 0.123 e. The Labute approximate surface area is 272 Å². The normalized spacial score (nSPS) is 11.2. The molecule has 0 aliphatic heterocycles. The highest BCUT2D eigenvalue weighted by Gasteiger charge is 2.14. The Balaban J connectivity index is 1.22. The average molecular weight is 607 g/mol. The minimum Gasteiger partial charge on any atom is -0.207 e. The van der Waals surface area contributed by atoms with E-state index in [4.69, 9.17) is 0 Å². The van der Waals surface area contributed by atoms with Gasteiger partial charge in [0.25, 0.3) is 0 Å². The van der Waals surface area contributed by atoms with E-state index >= 15 is 0 Å². The first-order valence-electron chi connectivity index (χ1n) is 16.4. The van der Waals surface area contributed by atoms with Crippen LogP contribution in [0.3, 0.4) is 0 Å². The summed E-state index contributed by atoms with van der Waals surface area (Å²) in [4.78, 5) is 0. The molecule has 0 saturated carbocycles. The Bertz CT molecular complexity index is 1920. The van der Waals surface area contributed by atoms with Crippen LogP contribution in [0.5, 0.6) is 0 Å². The molecule has 0 bridgehead atoms. The highest BCUT2D eigenvalue weighted by molar-refractivity contribution is 5.78. The lowest BCUT2D eigenvalue weighted by molar-refractivity contribution is 0.627. The van der Waals surface area contributed by atoms with Gasteiger partial charge in [0.05, 0.1) is 0 Å². The molecule has 0 aliphatic carbocycles. The molecule has 0 radical (unpaired) electrons. The van der Waals surface area contributed by atoms with Gasteiger partial charge in [-0.25, -0.2) is 8.78 Å². The molecule has 0 fully saturated rings. The van der Waals surface area contributed by atoms with Crippen molar-refractivity contribution in [1.29, 1.82) is 0 Å². The van der Waals surface area contributed by atoms with Gasteiger partial charge in [-0.3, -0.25) is 0 Å². The van der Waals surface area contributed by atoms with Crippen LogP contribution in [-0.4, -0.2) is 0 Å². The Morgan fingerprint density at radius 1 is 0.391 bits per heavy atom. The molecule has 0 spiro atoms. The van der Waals surface area contributed by atoms with Crippen LogP contribution < -0.4 is 0 Å². The van der Waals surface area contributed by atoms with Crippen LogP contribution in [-0.2, 0) is 25.7 Å². The van der Waals surface area contributed by atoms with Gasteiger partial charge in [0.1, 0.15) is 11.6 Å². The van der Waals surface area contributed by atoms with Crippen molar-refractivity contribution in [3.8, 4) is 44.5 Å². The van der Waals surface area contributed by atoms with Crippen molar-refractivity contribution in [1.82, 2.24) is 0 Å². The van der Waals surface area contributed by atoms with Crippen molar-refractivity contribution >= 4 is 0 Å². The van der Waals surface area contributed by atoms with Gasteiger partial charge in [0.15, 0.2) is 0 Å². The van der Waals surface area contributed by atoms with Crippen molar-refractivity contribution in [3.63, 3.8) is 0 Å². The number of hydrogen-bond acceptors (Lipinski definition) is 0. The maximum atomic E-state index is 13.5. The standard InChI is InChI=1S/C44H40F2/c1-5-32-26-39(35-16-20-41(45)21-17-35)24-29(4)43(32)37-12-8-30(9-13-37)25-31-10-14-38(15-11-31)44-33(6-2)27-40(28-34(44)7-3)36-18-22-42(46)23-19-36/h8-24,26-28H,5-7,25H2,1-4H3. The third kappa shape index (κ3) is 6.58. The number of aryl methyl sites for hydroxylation is 4. The lowest BCUT2D eigenvalue weighted by atomic mass is 9.87. The van der Waals surface area contributed by atoms with Crippen molar-refractivity contribution in [2.75, 3.05) is 0 Å². The van der Waals surface area contributed by atoms with Crippen molar-refractivity contribution in [2.24, 2.45) is 0 Å². The third-order valence-electron chi connectivity index (χ3n) is 9.11. The average Bonchev–Trinajstić information content (AvgIpc) is 3.09. The lowest BCUT2D eigenvalue weighted by Crippen LogP contribution is -1.97. The summed E-state index contributed by atoms with van der Waals surface area (Å²) in [6, 6.07) is 40.5. The molecule has 0 unspecified atom stereocenters. The highest BCUT2D eigenvalue weighted by atomic mass is 19.1. The first-order valence-corrected chi connectivity index (χ1v) is 16.4. The number of rotatable bonds is 9. The first-order chi connectivity index (χ1) is 22.4. The van der Waals surface area contributed by atoms with Crippen LogP contribution in [0, 0.1) is 18.6 Å². The fraction of sp³-hybridized carbons (Fsp3) is 0.182. The van der Waals surface area contributed by atoms with Crippen molar-refractivity contribution < 1.29 is 8.78 Å². The summed E-state index contributed by atoms with van der Waals surface area (Å²) in [6.07, 6.45) is 3.65. The fourth-order valence-electron chi connectivity index (χ4n) is 6.68. The van der Waals surface area contributed by atoms with Crippen LogP contribution in [0.15, 0.2) is 121 Å². The number of benzene rings is 6. The van der Waals surface area contributed by atoms with Crippen molar-refractivity contribution in [2.45, 2.75) is 53.4 Å². The monoisotopic (exact) mass is 606 g/mol. The van der Waals surface area contributed by atoms with Crippen molar-refractivity contribution in [3.05, 3.63) is 166 Å². The Morgan fingerprint density at radius 3 is 1.15 bits per heavy atom. The SMILES string of the molecule is CCc1cc(-c2ccc(F)cc2)cc(C)c1-c1ccc(Cc2ccc(-c3c(CC)cc(-c4ccc(F)cc4)cc3CC)cc2)cc1. The van der Waals surface area contributed by atoms with Gasteiger partial charge in [-0.05, 0) is 135 Å². The minimum atomic E-state index is -0.214. The second kappa shape index (κ2) is 13.7. The van der Waals surface area contributed by atoms with Crippen LogP contribution >= 0.6 is 0 Å². The quantitative estimate of drug-likeness (QED) is 0.154. The molecule has 0 atom stereocenters. The predicted molar refractivity (Wildman–Crippen MR) is 190 cm³/mol. The van der Waals surface area contributed by atoms with Crippen LogP contribution in [0.4, 0.5) is 8.78 Å². The van der Waals surface area contributed by atoms with E-state index in [0.717, 1.165) is 47.9 Å². The summed E-state index contributed by atoms with van der Waals surface area (Å²) in [6.45, 7) is 8.77. The molecule has 6 rings (SSSR count). The molecule has 0 amide bonds. The summed E-state index contributed by atoms with van der Waals surface area (Å²) in [5.41, 5.74) is 17.1. The van der Waals surface area contributed by atoms with E-state index < -0.39 is 0 Å². The molecule has 6 aromatic carbocycles. The van der Waals surface area contributed by atoms with Crippen LogP contribution in [0.1, 0.15) is 54.2 Å². The second-order valence-electron chi connectivity index (χ2n) is 12.1. The molecular weight excluding hydrogens is 566 g/mol. The largest absolute Gasteiger partial charge is 0.207 e. The molecule has 0 heterocycles. The van der Waals surface area contributed by atoms with Gasteiger partial charge < -0.3 is 0 Å². The zero-order valence-electron chi connectivity index (χ0n) is 27.1. The molecule has 6 aromatic rings. The van der Waals surface area contributed by atoms with E-state index in [2.05, 4.69) is 100 Å². The Hall–Kier alpha value is -4.82. The van der Waals surface area contributed by atoms with E-state index in [-0.39, 0.29) is 11.6 Å². The molecule has 0 saturated heterocycles. The van der Waals surface area contributed by atoms with E-state index in [1.807, 2.05) is 24.3 Å². The molecule has 0 N–H and O–H groups in total. The topological polar surface area (TPSA) is 0 Å². The second-order valence-corrected chi connectivity index (χ2v) is 12.1. The third-order valence-corrected chi connectivity index (χ3v) is 9.11. The Kier molecular flexibility index (Phi) is 9.26. The highest BCUT2D eigenvalue weighted by Crippen LogP contribution is 2.36. The van der Waals surface area contributed by atoms with E-state index in [0.29, 0.717) is 0 Å².